The molecule has 0 spiro atoms. The van der Waals surface area contributed by atoms with Crippen molar-refractivity contribution in [2.24, 2.45) is 4.99 Å². The lowest BCUT2D eigenvalue weighted by molar-refractivity contribution is -0.115. The maximum Gasteiger partial charge on any atom is 0.250 e. The summed E-state index contributed by atoms with van der Waals surface area (Å²) in [7, 11) is 1.64. The fourth-order valence-corrected chi connectivity index (χ4v) is 4.32. The number of fused-ring (bicyclic) bond motifs is 3. The zero-order chi connectivity index (χ0) is 18.1. The van der Waals surface area contributed by atoms with Crippen molar-refractivity contribution in [1.82, 2.24) is 5.32 Å². The summed E-state index contributed by atoms with van der Waals surface area (Å²) in [6.45, 7) is 2.69. The molecule has 0 bridgehead atoms. The Morgan fingerprint density at radius 3 is 2.96 bits per heavy atom. The zero-order valence-corrected chi connectivity index (χ0v) is 15.9. The Balaban J connectivity index is 1.69. The smallest absolute Gasteiger partial charge is 0.250 e. The number of hydrogen-bond acceptors (Lipinski definition) is 5. The van der Waals surface area contributed by atoms with Crippen LogP contribution in [0, 0.1) is 0 Å². The molecule has 2 aliphatic rings. The second-order valence-corrected chi connectivity index (χ2v) is 7.70. The number of aryl methyl sites for hydroxylation is 2. The molecule has 0 atom stereocenters. The van der Waals surface area contributed by atoms with Gasteiger partial charge in [-0.3, -0.25) is 9.79 Å². The van der Waals surface area contributed by atoms with E-state index in [1.165, 1.54) is 18.4 Å². The van der Waals surface area contributed by atoms with Crippen LogP contribution < -0.4 is 10.1 Å². The average molecular weight is 370 g/mol. The average Bonchev–Trinajstić information content (AvgIpc) is 3.27. The van der Waals surface area contributed by atoms with Gasteiger partial charge in [-0.25, -0.2) is 0 Å². The highest BCUT2D eigenvalue weighted by atomic mass is 32.2. The van der Waals surface area contributed by atoms with Gasteiger partial charge in [0, 0.05) is 40.8 Å². The van der Waals surface area contributed by atoms with Gasteiger partial charge in [0.05, 0.1) is 13.7 Å². The quantitative estimate of drug-likeness (QED) is 0.831. The molecule has 0 unspecified atom stereocenters. The number of thioether (sulfide) groups is 1. The lowest BCUT2D eigenvalue weighted by atomic mass is 9.94. The number of rotatable bonds is 3. The molecule has 4 rings (SSSR count). The van der Waals surface area contributed by atoms with Crippen LogP contribution in [-0.2, 0) is 17.6 Å². The highest BCUT2D eigenvalue weighted by Gasteiger charge is 2.20. The SMILES string of the molecule is COc1cc2oc3c(c2cc1/C(C)=C/C(=O)NC1=NCCS1)CCCC3. The normalized spacial score (nSPS) is 17.2. The van der Waals surface area contributed by atoms with E-state index in [4.69, 9.17) is 9.15 Å². The number of furan rings is 1. The van der Waals surface area contributed by atoms with Gasteiger partial charge in [0.1, 0.15) is 17.1 Å². The highest BCUT2D eigenvalue weighted by Crippen LogP contribution is 2.37. The van der Waals surface area contributed by atoms with Crippen molar-refractivity contribution in [2.45, 2.75) is 32.6 Å². The molecule has 1 aliphatic heterocycles. The predicted molar refractivity (Wildman–Crippen MR) is 106 cm³/mol. The Kier molecular flexibility index (Phi) is 4.76. The van der Waals surface area contributed by atoms with Crippen LogP contribution in [0.4, 0.5) is 0 Å². The van der Waals surface area contributed by atoms with E-state index < -0.39 is 0 Å². The molecule has 0 saturated heterocycles. The zero-order valence-electron chi connectivity index (χ0n) is 15.1. The fraction of sp³-hybridized carbons (Fsp3) is 0.400. The summed E-state index contributed by atoms with van der Waals surface area (Å²) >= 11 is 1.57. The Morgan fingerprint density at radius 2 is 2.19 bits per heavy atom. The van der Waals surface area contributed by atoms with Crippen LogP contribution in [0.25, 0.3) is 16.5 Å². The van der Waals surface area contributed by atoms with Crippen LogP contribution in [0.3, 0.4) is 0 Å². The van der Waals surface area contributed by atoms with Crippen LogP contribution in [-0.4, -0.2) is 30.5 Å². The molecular weight excluding hydrogens is 348 g/mol. The first-order chi connectivity index (χ1) is 12.7. The summed E-state index contributed by atoms with van der Waals surface area (Å²) in [5, 5.41) is 4.68. The lowest BCUT2D eigenvalue weighted by Gasteiger charge is -2.11. The summed E-state index contributed by atoms with van der Waals surface area (Å²) in [6, 6.07) is 4.04. The van der Waals surface area contributed by atoms with Crippen LogP contribution in [0.1, 0.15) is 36.7 Å². The monoisotopic (exact) mass is 370 g/mol. The fourth-order valence-electron chi connectivity index (χ4n) is 3.59. The third kappa shape index (κ3) is 3.26. The molecule has 2 heterocycles. The number of amidine groups is 1. The second-order valence-electron chi connectivity index (χ2n) is 6.61. The van der Waals surface area contributed by atoms with Gasteiger partial charge in [-0.15, -0.1) is 0 Å². The van der Waals surface area contributed by atoms with Gasteiger partial charge in [-0.1, -0.05) is 11.8 Å². The molecule has 1 N–H and O–H groups in total. The van der Waals surface area contributed by atoms with Gasteiger partial charge >= 0.3 is 0 Å². The predicted octanol–water partition coefficient (Wildman–Crippen LogP) is 3.94. The van der Waals surface area contributed by atoms with Crippen molar-refractivity contribution in [2.75, 3.05) is 19.4 Å². The number of ether oxygens (including phenoxy) is 1. The summed E-state index contributed by atoms with van der Waals surface area (Å²) in [4.78, 5) is 16.5. The van der Waals surface area contributed by atoms with Crippen LogP contribution in [0.5, 0.6) is 5.75 Å². The Bertz CT molecular complexity index is 927. The van der Waals surface area contributed by atoms with Crippen molar-refractivity contribution < 1.29 is 13.9 Å². The van der Waals surface area contributed by atoms with E-state index in [0.717, 1.165) is 58.8 Å². The van der Waals surface area contributed by atoms with Gasteiger partial charge in [-0.05, 0) is 37.8 Å². The van der Waals surface area contributed by atoms with Crippen LogP contribution in [0.2, 0.25) is 0 Å². The number of allylic oxidation sites excluding steroid dienone is 1. The molecule has 1 aromatic heterocycles. The highest BCUT2D eigenvalue weighted by molar-refractivity contribution is 8.14. The Hall–Kier alpha value is -2.21. The first-order valence-electron chi connectivity index (χ1n) is 8.95. The van der Waals surface area contributed by atoms with E-state index in [9.17, 15) is 4.79 Å². The molecule has 5 nitrogen and oxygen atoms in total. The van der Waals surface area contributed by atoms with E-state index in [-0.39, 0.29) is 5.91 Å². The van der Waals surface area contributed by atoms with E-state index >= 15 is 0 Å². The first kappa shape index (κ1) is 17.2. The van der Waals surface area contributed by atoms with Crippen molar-refractivity contribution >= 4 is 39.4 Å². The summed E-state index contributed by atoms with van der Waals surface area (Å²) < 4.78 is 11.6. The molecule has 2 aromatic rings. The molecule has 26 heavy (non-hydrogen) atoms. The molecular formula is C20H22N2O3S. The summed E-state index contributed by atoms with van der Waals surface area (Å²) in [5.74, 6) is 2.58. The third-order valence-electron chi connectivity index (χ3n) is 4.87. The number of carbonyl (C=O) groups is 1. The molecule has 0 fully saturated rings. The van der Waals surface area contributed by atoms with Crippen molar-refractivity contribution in [3.63, 3.8) is 0 Å². The van der Waals surface area contributed by atoms with Gasteiger partial charge in [0.2, 0.25) is 5.91 Å². The summed E-state index contributed by atoms with van der Waals surface area (Å²) in [6.07, 6.45) is 6.03. The maximum absolute atomic E-state index is 12.3. The third-order valence-corrected chi connectivity index (χ3v) is 5.76. The van der Waals surface area contributed by atoms with E-state index in [1.807, 2.05) is 13.0 Å². The molecule has 0 saturated carbocycles. The molecule has 1 aliphatic carbocycles. The van der Waals surface area contributed by atoms with E-state index in [0.29, 0.717) is 5.17 Å². The standard InChI is InChI=1S/C20H22N2O3S/c1-12(9-19(23)22-20-21-7-8-26-20)14-10-15-13-5-3-4-6-16(13)25-18(15)11-17(14)24-2/h9-11H,3-8H2,1-2H3,(H,21,22,23)/b12-9+. The topological polar surface area (TPSA) is 63.8 Å². The molecule has 1 aromatic carbocycles. The van der Waals surface area contributed by atoms with E-state index in [1.54, 1.807) is 24.9 Å². The van der Waals surface area contributed by atoms with Crippen molar-refractivity contribution in [1.29, 1.82) is 0 Å². The molecule has 1 amide bonds. The van der Waals surface area contributed by atoms with Crippen LogP contribution in [0.15, 0.2) is 27.6 Å². The first-order valence-corrected chi connectivity index (χ1v) is 9.93. The number of benzene rings is 1. The number of amides is 1. The van der Waals surface area contributed by atoms with Gasteiger partial charge in [-0.2, -0.15) is 0 Å². The molecule has 0 radical (unpaired) electrons. The van der Waals surface area contributed by atoms with Crippen molar-refractivity contribution in [3.8, 4) is 5.75 Å². The van der Waals surface area contributed by atoms with Gasteiger partial charge in [0.25, 0.3) is 0 Å². The van der Waals surface area contributed by atoms with E-state index in [2.05, 4.69) is 16.4 Å². The number of nitrogens with one attached hydrogen (secondary N) is 1. The number of hydrogen-bond donors (Lipinski definition) is 1. The Morgan fingerprint density at radius 1 is 1.35 bits per heavy atom. The minimum absolute atomic E-state index is 0.160. The van der Waals surface area contributed by atoms with Gasteiger partial charge in [0.15, 0.2) is 5.17 Å². The minimum Gasteiger partial charge on any atom is -0.496 e. The lowest BCUT2D eigenvalue weighted by Crippen LogP contribution is -2.25. The second kappa shape index (κ2) is 7.19. The number of methoxy groups -OCH3 is 1. The molecule has 136 valence electrons. The van der Waals surface area contributed by atoms with Crippen LogP contribution >= 0.6 is 11.8 Å². The Labute approximate surface area is 156 Å². The number of nitrogens with zero attached hydrogens (tertiary/aromatic N) is 1. The summed E-state index contributed by atoms with van der Waals surface area (Å²) in [5.41, 5.74) is 3.96. The minimum atomic E-state index is -0.160. The number of aliphatic imine (C=N–C) groups is 1. The van der Waals surface area contributed by atoms with Gasteiger partial charge < -0.3 is 14.5 Å². The molecule has 6 heteroatoms. The van der Waals surface area contributed by atoms with Crippen molar-refractivity contribution in [3.05, 3.63) is 35.1 Å². The number of carbonyl (C=O) groups excluding carboxylic acids is 1. The maximum atomic E-state index is 12.3. The largest absolute Gasteiger partial charge is 0.496 e.